The van der Waals surface area contributed by atoms with E-state index in [2.05, 4.69) is 0 Å². The first-order valence-corrected chi connectivity index (χ1v) is 6.29. The molecule has 0 saturated heterocycles. The van der Waals surface area contributed by atoms with E-state index in [1.165, 1.54) is 24.3 Å². The third-order valence-corrected chi connectivity index (χ3v) is 3.30. The second kappa shape index (κ2) is 5.38. The molecule has 18 heavy (non-hydrogen) atoms. The molecule has 5 nitrogen and oxygen atoms in total. The Hall–Kier alpha value is -2.26. The van der Waals surface area contributed by atoms with E-state index in [0.717, 1.165) is 0 Å². The van der Waals surface area contributed by atoms with Crippen molar-refractivity contribution < 1.29 is 14.0 Å². The highest BCUT2D eigenvalue weighted by Crippen LogP contribution is 2.27. The fraction of sp³-hybridized carbons (Fsp3) is 0. The topological polar surface area (TPSA) is 69.4 Å². The normalized spacial score (nSPS) is 10.8. The SMILES string of the molecule is O=[N+]([O-])c1ccc(O[P+](=O)c2ccccc2)cc1. The quantitative estimate of drug-likeness (QED) is 0.482. The molecule has 0 aliphatic carbocycles. The Morgan fingerprint density at radius 1 is 1.00 bits per heavy atom. The third kappa shape index (κ3) is 2.90. The zero-order valence-electron chi connectivity index (χ0n) is 9.22. The Morgan fingerprint density at radius 3 is 2.17 bits per heavy atom. The first-order chi connectivity index (χ1) is 8.66. The van der Waals surface area contributed by atoms with Gasteiger partial charge < -0.3 is 0 Å². The summed E-state index contributed by atoms with van der Waals surface area (Å²) in [5.41, 5.74) is -0.0303. The van der Waals surface area contributed by atoms with Gasteiger partial charge in [0, 0.05) is 12.1 Å². The van der Waals surface area contributed by atoms with Gasteiger partial charge in [0.25, 0.3) is 5.69 Å². The number of hydrogen-bond donors (Lipinski definition) is 0. The molecule has 1 unspecified atom stereocenters. The summed E-state index contributed by atoms with van der Waals surface area (Å²) in [5.74, 6) is 0.338. The molecular formula is C12H9NO4P+. The van der Waals surface area contributed by atoms with Crippen LogP contribution in [0.2, 0.25) is 0 Å². The molecule has 2 rings (SSSR count). The molecule has 0 spiro atoms. The molecule has 2 aromatic carbocycles. The number of nitrogens with zero attached hydrogens (tertiary/aromatic N) is 1. The second-order valence-electron chi connectivity index (χ2n) is 3.43. The first-order valence-electron chi connectivity index (χ1n) is 5.11. The van der Waals surface area contributed by atoms with Crippen LogP contribution < -0.4 is 9.83 Å². The lowest BCUT2D eigenvalue weighted by atomic mass is 10.3. The van der Waals surface area contributed by atoms with Gasteiger partial charge in [-0.1, -0.05) is 18.2 Å². The summed E-state index contributed by atoms with van der Waals surface area (Å²) in [6.45, 7) is 0. The minimum Gasteiger partial charge on any atom is -0.258 e. The fourth-order valence-corrected chi connectivity index (χ4v) is 2.16. The van der Waals surface area contributed by atoms with Crippen molar-refractivity contribution in [3.05, 3.63) is 64.7 Å². The van der Waals surface area contributed by atoms with Crippen molar-refractivity contribution >= 4 is 19.0 Å². The van der Waals surface area contributed by atoms with Crippen LogP contribution in [0, 0.1) is 10.1 Å². The van der Waals surface area contributed by atoms with Gasteiger partial charge in [0.15, 0.2) is 5.75 Å². The minimum absolute atomic E-state index is 0.0303. The van der Waals surface area contributed by atoms with Crippen molar-refractivity contribution in [3.8, 4) is 5.75 Å². The molecular weight excluding hydrogens is 253 g/mol. The van der Waals surface area contributed by atoms with Crippen LogP contribution in [-0.4, -0.2) is 4.92 Å². The van der Waals surface area contributed by atoms with Crippen LogP contribution in [0.4, 0.5) is 5.69 Å². The number of non-ortho nitro benzene ring substituents is 1. The maximum Gasteiger partial charge on any atom is 0.597 e. The highest BCUT2D eigenvalue weighted by atomic mass is 31.1. The highest BCUT2D eigenvalue weighted by molar-refractivity contribution is 7.48. The second-order valence-corrected chi connectivity index (χ2v) is 4.65. The third-order valence-electron chi connectivity index (χ3n) is 2.20. The molecule has 6 heteroatoms. The van der Waals surface area contributed by atoms with E-state index in [9.17, 15) is 14.7 Å². The number of benzene rings is 2. The van der Waals surface area contributed by atoms with Crippen LogP contribution in [0.5, 0.6) is 5.75 Å². The van der Waals surface area contributed by atoms with Gasteiger partial charge in [0.05, 0.1) is 4.92 Å². The van der Waals surface area contributed by atoms with Crippen LogP contribution in [0.1, 0.15) is 0 Å². The monoisotopic (exact) mass is 262 g/mol. The van der Waals surface area contributed by atoms with E-state index < -0.39 is 13.0 Å². The number of nitro benzene ring substituents is 1. The van der Waals surface area contributed by atoms with E-state index in [-0.39, 0.29) is 5.69 Å². The van der Waals surface area contributed by atoms with E-state index >= 15 is 0 Å². The van der Waals surface area contributed by atoms with E-state index in [4.69, 9.17) is 4.52 Å². The number of rotatable bonds is 4. The van der Waals surface area contributed by atoms with Gasteiger partial charge in [-0.2, -0.15) is 0 Å². The van der Waals surface area contributed by atoms with Crippen LogP contribution >= 0.6 is 8.03 Å². The lowest BCUT2D eigenvalue weighted by Crippen LogP contribution is -1.98. The summed E-state index contributed by atoms with van der Waals surface area (Å²) >= 11 is 0. The molecule has 0 aliphatic rings. The summed E-state index contributed by atoms with van der Waals surface area (Å²) in [6.07, 6.45) is 0. The summed E-state index contributed by atoms with van der Waals surface area (Å²) in [7, 11) is -2.00. The molecule has 90 valence electrons. The molecule has 0 amide bonds. The molecule has 0 bridgehead atoms. The molecule has 1 atom stereocenters. The first kappa shape index (κ1) is 12.2. The minimum atomic E-state index is -2.00. The summed E-state index contributed by atoms with van der Waals surface area (Å²) < 4.78 is 17.0. The summed E-state index contributed by atoms with van der Waals surface area (Å²) in [5, 5.41) is 11.0. The number of nitro groups is 1. The van der Waals surface area contributed by atoms with E-state index in [0.29, 0.717) is 11.1 Å². The van der Waals surface area contributed by atoms with Crippen molar-refractivity contribution in [2.24, 2.45) is 0 Å². The highest BCUT2D eigenvalue weighted by Gasteiger charge is 2.23. The van der Waals surface area contributed by atoms with E-state index in [1.807, 2.05) is 6.07 Å². The van der Waals surface area contributed by atoms with Gasteiger partial charge in [-0.25, -0.2) is 0 Å². The van der Waals surface area contributed by atoms with Gasteiger partial charge in [-0.15, -0.1) is 0 Å². The predicted octanol–water partition coefficient (Wildman–Crippen LogP) is 3.04. The van der Waals surface area contributed by atoms with Crippen LogP contribution in [0.3, 0.4) is 0 Å². The molecule has 0 fully saturated rings. The van der Waals surface area contributed by atoms with Crippen LogP contribution in [0.15, 0.2) is 54.6 Å². The van der Waals surface area contributed by atoms with Gasteiger partial charge >= 0.3 is 8.03 Å². The summed E-state index contributed by atoms with van der Waals surface area (Å²) in [4.78, 5) is 9.96. The lowest BCUT2D eigenvalue weighted by molar-refractivity contribution is -0.384. The average molecular weight is 262 g/mol. The van der Waals surface area contributed by atoms with Crippen LogP contribution in [0.25, 0.3) is 0 Å². The van der Waals surface area contributed by atoms with Crippen LogP contribution in [-0.2, 0) is 4.57 Å². The van der Waals surface area contributed by atoms with Crippen molar-refractivity contribution in [2.45, 2.75) is 0 Å². The molecule has 0 heterocycles. The maximum atomic E-state index is 11.8. The standard InChI is InChI=1S/C12H9NO4P/c14-13(15)10-6-8-11(9-7-10)17-18(16)12-4-2-1-3-5-12/h1-9H/q+1. The summed E-state index contributed by atoms with van der Waals surface area (Å²) in [6, 6.07) is 14.2. The predicted molar refractivity (Wildman–Crippen MR) is 67.4 cm³/mol. The Kier molecular flexibility index (Phi) is 3.65. The smallest absolute Gasteiger partial charge is 0.258 e. The van der Waals surface area contributed by atoms with Gasteiger partial charge in [0.1, 0.15) is 0 Å². The number of hydrogen-bond acceptors (Lipinski definition) is 4. The largest absolute Gasteiger partial charge is 0.597 e. The Labute approximate surface area is 104 Å². The Bertz CT molecular complexity index is 568. The zero-order chi connectivity index (χ0) is 13.0. The van der Waals surface area contributed by atoms with Gasteiger partial charge in [-0.3, -0.25) is 14.6 Å². The zero-order valence-corrected chi connectivity index (χ0v) is 10.1. The average Bonchev–Trinajstić information content (AvgIpc) is 2.40. The van der Waals surface area contributed by atoms with Crippen molar-refractivity contribution in [1.29, 1.82) is 0 Å². The van der Waals surface area contributed by atoms with E-state index in [1.54, 1.807) is 24.3 Å². The Balaban J connectivity index is 2.10. The molecule has 0 aliphatic heterocycles. The molecule has 2 aromatic rings. The molecule has 0 N–H and O–H groups in total. The van der Waals surface area contributed by atoms with Gasteiger partial charge in [0.2, 0.25) is 5.30 Å². The molecule has 0 aromatic heterocycles. The lowest BCUT2D eigenvalue weighted by Gasteiger charge is -1.93. The molecule has 0 saturated carbocycles. The van der Waals surface area contributed by atoms with Crippen molar-refractivity contribution in [2.75, 3.05) is 0 Å². The van der Waals surface area contributed by atoms with Gasteiger partial charge in [-0.05, 0) is 28.8 Å². The fourth-order valence-electron chi connectivity index (χ4n) is 1.33. The van der Waals surface area contributed by atoms with Crippen molar-refractivity contribution in [1.82, 2.24) is 0 Å². The maximum absolute atomic E-state index is 11.8. The Morgan fingerprint density at radius 2 is 1.61 bits per heavy atom. The van der Waals surface area contributed by atoms with Crippen molar-refractivity contribution in [3.63, 3.8) is 0 Å². The molecule has 0 radical (unpaired) electrons.